The van der Waals surface area contributed by atoms with Crippen molar-refractivity contribution in [1.82, 2.24) is 10.2 Å². The second-order valence-electron chi connectivity index (χ2n) is 7.98. The van der Waals surface area contributed by atoms with Crippen LogP contribution in [0.5, 0.6) is 0 Å². The molecule has 0 spiro atoms. The third kappa shape index (κ3) is 7.72. The number of rotatable bonds is 11. The molecule has 3 N–H and O–H groups in total. The molecule has 0 unspecified atom stereocenters. The molecule has 0 fully saturated rings. The Kier molecular flexibility index (Phi) is 9.73. The second-order valence-corrected chi connectivity index (χ2v) is 7.98. The molecular weight excluding hydrogens is 404 g/mol. The van der Waals surface area contributed by atoms with Crippen molar-refractivity contribution >= 4 is 29.1 Å². The van der Waals surface area contributed by atoms with E-state index < -0.39 is 0 Å². The minimum absolute atomic E-state index is 0.00314. The number of carbonyl (C=O) groups is 3. The molecule has 0 heterocycles. The molecule has 0 radical (unpaired) electrons. The Morgan fingerprint density at radius 1 is 0.875 bits per heavy atom. The molecule has 0 atom stereocenters. The summed E-state index contributed by atoms with van der Waals surface area (Å²) in [5.41, 5.74) is 2.46. The van der Waals surface area contributed by atoms with Crippen molar-refractivity contribution in [3.05, 3.63) is 59.7 Å². The molecule has 2 aromatic carbocycles. The summed E-state index contributed by atoms with van der Waals surface area (Å²) in [5.74, 6) is -0.367. The Balaban J connectivity index is 1.92. The molecular formula is C25H34N4O3. The van der Waals surface area contributed by atoms with Crippen LogP contribution in [0.2, 0.25) is 0 Å². The van der Waals surface area contributed by atoms with Crippen LogP contribution in [0.1, 0.15) is 61.3 Å². The molecule has 0 aromatic heterocycles. The van der Waals surface area contributed by atoms with E-state index in [1.165, 1.54) is 0 Å². The van der Waals surface area contributed by atoms with Gasteiger partial charge in [0.25, 0.3) is 11.8 Å². The zero-order valence-electron chi connectivity index (χ0n) is 19.4. The zero-order chi connectivity index (χ0) is 23.5. The van der Waals surface area contributed by atoms with Crippen LogP contribution in [0.4, 0.5) is 11.4 Å². The maximum atomic E-state index is 12.8. The fourth-order valence-corrected chi connectivity index (χ4v) is 3.24. The molecule has 0 saturated carbocycles. The number of nitrogens with one attached hydrogen (secondary N) is 3. The topological polar surface area (TPSA) is 90.5 Å². The highest BCUT2D eigenvalue weighted by Crippen LogP contribution is 2.14. The van der Waals surface area contributed by atoms with Crippen LogP contribution >= 0.6 is 0 Å². The van der Waals surface area contributed by atoms with Gasteiger partial charge in [-0.2, -0.15) is 0 Å². The fourth-order valence-electron chi connectivity index (χ4n) is 3.24. The number of hydrogen-bond donors (Lipinski definition) is 3. The quantitative estimate of drug-likeness (QED) is 0.492. The monoisotopic (exact) mass is 438 g/mol. The highest BCUT2D eigenvalue weighted by Gasteiger charge is 2.14. The van der Waals surface area contributed by atoms with Gasteiger partial charge >= 0.3 is 0 Å². The molecule has 0 aliphatic rings. The van der Waals surface area contributed by atoms with Crippen molar-refractivity contribution < 1.29 is 14.4 Å². The number of hydrogen-bond acceptors (Lipinski definition) is 4. The van der Waals surface area contributed by atoms with Crippen LogP contribution in [0.15, 0.2) is 48.5 Å². The maximum Gasteiger partial charge on any atom is 0.253 e. The van der Waals surface area contributed by atoms with Gasteiger partial charge in [0, 0.05) is 41.6 Å². The average Bonchev–Trinajstić information content (AvgIpc) is 2.77. The van der Waals surface area contributed by atoms with Crippen molar-refractivity contribution in [2.75, 3.05) is 30.3 Å². The van der Waals surface area contributed by atoms with E-state index in [1.54, 1.807) is 36.4 Å². The molecule has 0 aliphatic carbocycles. The van der Waals surface area contributed by atoms with Crippen LogP contribution in [0.25, 0.3) is 0 Å². The number of benzene rings is 2. The molecule has 2 aromatic rings. The van der Waals surface area contributed by atoms with Gasteiger partial charge in [-0.3, -0.25) is 14.4 Å². The molecule has 0 aliphatic heterocycles. The van der Waals surface area contributed by atoms with Crippen molar-refractivity contribution in [3.63, 3.8) is 0 Å². The van der Waals surface area contributed by atoms with Gasteiger partial charge in [0.05, 0.1) is 6.54 Å². The summed E-state index contributed by atoms with van der Waals surface area (Å²) in [7, 11) is 0. The van der Waals surface area contributed by atoms with Gasteiger partial charge < -0.3 is 20.9 Å². The van der Waals surface area contributed by atoms with Crippen molar-refractivity contribution in [3.8, 4) is 0 Å². The Morgan fingerprint density at radius 2 is 1.53 bits per heavy atom. The third-order valence-electron chi connectivity index (χ3n) is 4.69. The Morgan fingerprint density at radius 3 is 2.12 bits per heavy atom. The summed E-state index contributed by atoms with van der Waals surface area (Å²) in [6.07, 6.45) is 1.82. The lowest BCUT2D eigenvalue weighted by molar-refractivity contribution is -0.114. The van der Waals surface area contributed by atoms with E-state index in [0.29, 0.717) is 22.5 Å². The summed E-state index contributed by atoms with van der Waals surface area (Å²) >= 11 is 0. The molecule has 7 heteroatoms. The number of amides is 3. The SMILES string of the molecule is CCCN(CCC)C(=O)c1cccc(NCC(=O)Nc2ccc(C(=O)NC(C)C)cc2)c1. The molecule has 2 rings (SSSR count). The Labute approximate surface area is 190 Å². The first-order valence-electron chi connectivity index (χ1n) is 11.2. The highest BCUT2D eigenvalue weighted by atomic mass is 16.2. The molecule has 3 amide bonds. The smallest absolute Gasteiger partial charge is 0.253 e. The van der Waals surface area contributed by atoms with Crippen LogP contribution < -0.4 is 16.0 Å². The van der Waals surface area contributed by atoms with Gasteiger partial charge in [-0.05, 0) is 69.2 Å². The summed E-state index contributed by atoms with van der Waals surface area (Å²) in [5, 5.41) is 8.69. The minimum atomic E-state index is -0.222. The largest absolute Gasteiger partial charge is 0.376 e. The van der Waals surface area contributed by atoms with Crippen molar-refractivity contribution in [1.29, 1.82) is 0 Å². The zero-order valence-corrected chi connectivity index (χ0v) is 19.4. The van der Waals surface area contributed by atoms with E-state index in [-0.39, 0.29) is 30.3 Å². The standard InChI is InChI=1S/C25H34N4O3/c1-5-14-29(15-6-2)25(32)20-8-7-9-22(16-20)26-17-23(30)28-21-12-10-19(11-13-21)24(31)27-18(3)4/h7-13,16,18,26H,5-6,14-15,17H2,1-4H3,(H,27,31)(H,28,30). The number of carbonyl (C=O) groups excluding carboxylic acids is 3. The predicted molar refractivity (Wildman–Crippen MR) is 129 cm³/mol. The number of anilines is 2. The first-order chi connectivity index (χ1) is 15.3. The van der Waals surface area contributed by atoms with Crippen molar-refractivity contribution in [2.45, 2.75) is 46.6 Å². The third-order valence-corrected chi connectivity index (χ3v) is 4.69. The summed E-state index contributed by atoms with van der Waals surface area (Å²) in [4.78, 5) is 39.0. The first-order valence-corrected chi connectivity index (χ1v) is 11.2. The van der Waals surface area contributed by atoms with Crippen LogP contribution in [-0.4, -0.2) is 48.3 Å². The van der Waals surface area contributed by atoms with Gasteiger partial charge in [-0.25, -0.2) is 0 Å². The van der Waals surface area contributed by atoms with E-state index in [1.807, 2.05) is 30.9 Å². The Bertz CT molecular complexity index is 904. The maximum absolute atomic E-state index is 12.8. The van der Waals surface area contributed by atoms with Crippen LogP contribution in [-0.2, 0) is 4.79 Å². The predicted octanol–water partition coefficient (Wildman–Crippen LogP) is 4.14. The van der Waals surface area contributed by atoms with Crippen LogP contribution in [0.3, 0.4) is 0 Å². The Hall–Kier alpha value is -3.35. The lowest BCUT2D eigenvalue weighted by atomic mass is 10.1. The lowest BCUT2D eigenvalue weighted by Gasteiger charge is -2.21. The summed E-state index contributed by atoms with van der Waals surface area (Å²) in [6, 6.07) is 14.0. The van der Waals surface area contributed by atoms with Crippen LogP contribution in [0, 0.1) is 0 Å². The lowest BCUT2D eigenvalue weighted by Crippen LogP contribution is -2.32. The van der Waals surface area contributed by atoms with E-state index in [0.717, 1.165) is 25.9 Å². The molecule has 0 bridgehead atoms. The van der Waals surface area contributed by atoms with E-state index >= 15 is 0 Å². The molecule has 0 saturated heterocycles. The highest BCUT2D eigenvalue weighted by molar-refractivity contribution is 5.97. The van der Waals surface area contributed by atoms with Gasteiger partial charge in [0.1, 0.15) is 0 Å². The second kappa shape index (κ2) is 12.5. The average molecular weight is 439 g/mol. The summed E-state index contributed by atoms with van der Waals surface area (Å²) in [6.45, 7) is 9.42. The van der Waals surface area contributed by atoms with Crippen molar-refractivity contribution in [2.24, 2.45) is 0 Å². The molecule has 7 nitrogen and oxygen atoms in total. The van der Waals surface area contributed by atoms with Gasteiger partial charge in [-0.1, -0.05) is 19.9 Å². The summed E-state index contributed by atoms with van der Waals surface area (Å²) < 4.78 is 0. The minimum Gasteiger partial charge on any atom is -0.376 e. The molecule has 32 heavy (non-hydrogen) atoms. The normalized spacial score (nSPS) is 10.5. The van der Waals surface area contributed by atoms with Gasteiger partial charge in [-0.15, -0.1) is 0 Å². The van der Waals surface area contributed by atoms with E-state index in [9.17, 15) is 14.4 Å². The van der Waals surface area contributed by atoms with Gasteiger partial charge in [0.2, 0.25) is 5.91 Å². The number of nitrogens with zero attached hydrogens (tertiary/aromatic N) is 1. The molecule has 172 valence electrons. The van der Waals surface area contributed by atoms with E-state index in [4.69, 9.17) is 0 Å². The first kappa shape index (κ1) is 24.9. The van der Waals surface area contributed by atoms with E-state index in [2.05, 4.69) is 29.8 Å². The fraction of sp³-hybridized carbons (Fsp3) is 0.400. The van der Waals surface area contributed by atoms with Gasteiger partial charge in [0.15, 0.2) is 0 Å².